The second-order valence-electron chi connectivity index (χ2n) is 5.35. The minimum Gasteiger partial charge on any atom is -0.271 e. The molecule has 1 aromatic carbocycles. The van der Waals surface area contributed by atoms with E-state index in [1.54, 1.807) is 0 Å². The lowest BCUT2D eigenvalue weighted by atomic mass is 9.93. The first-order valence-electron chi connectivity index (χ1n) is 6.81. The van der Waals surface area contributed by atoms with Crippen molar-refractivity contribution in [2.45, 2.75) is 51.5 Å². The van der Waals surface area contributed by atoms with Gasteiger partial charge in [-0.15, -0.1) is 0 Å². The van der Waals surface area contributed by atoms with Crippen molar-refractivity contribution in [1.82, 2.24) is 5.43 Å². The molecule has 0 amide bonds. The number of hydrogen-bond acceptors (Lipinski definition) is 2. The first-order valence-corrected chi connectivity index (χ1v) is 6.81. The summed E-state index contributed by atoms with van der Waals surface area (Å²) in [6.45, 7) is 2.15. The fourth-order valence-corrected chi connectivity index (χ4v) is 3.00. The number of nitrogens with two attached hydrogens (primary N) is 1. The highest BCUT2D eigenvalue weighted by molar-refractivity contribution is 5.22. The molecule has 0 spiro atoms. The van der Waals surface area contributed by atoms with Crippen molar-refractivity contribution < 1.29 is 0 Å². The highest BCUT2D eigenvalue weighted by Crippen LogP contribution is 2.29. The summed E-state index contributed by atoms with van der Waals surface area (Å²) in [7, 11) is 0. The Hall–Kier alpha value is -0.860. The van der Waals surface area contributed by atoms with E-state index in [1.165, 1.54) is 36.8 Å². The van der Waals surface area contributed by atoms with Gasteiger partial charge in [-0.25, -0.2) is 0 Å². The standard InChI is InChI=1S/C15H24N2/c1-12-5-4-6-13(11-12)9-10-15(17-16)14-7-2-3-8-14/h4-6,11,14-15,17H,2-3,7-10,16H2,1H3. The smallest absolute Gasteiger partial charge is 0.0241 e. The van der Waals surface area contributed by atoms with Gasteiger partial charge in [-0.1, -0.05) is 42.7 Å². The molecule has 2 nitrogen and oxygen atoms in total. The molecule has 0 radical (unpaired) electrons. The SMILES string of the molecule is Cc1cccc(CCC(NN)C2CCCC2)c1. The molecule has 3 N–H and O–H groups in total. The van der Waals surface area contributed by atoms with Gasteiger partial charge < -0.3 is 0 Å². The molecule has 0 bridgehead atoms. The molecule has 0 saturated heterocycles. The summed E-state index contributed by atoms with van der Waals surface area (Å²) in [6.07, 6.45) is 7.75. The van der Waals surface area contributed by atoms with Crippen LogP contribution in [0, 0.1) is 12.8 Å². The van der Waals surface area contributed by atoms with Crippen LogP contribution >= 0.6 is 0 Å². The second-order valence-corrected chi connectivity index (χ2v) is 5.35. The Balaban J connectivity index is 1.87. The first kappa shape index (κ1) is 12.6. The van der Waals surface area contributed by atoms with E-state index in [0.717, 1.165) is 18.8 Å². The lowest BCUT2D eigenvalue weighted by Crippen LogP contribution is -2.40. The summed E-state index contributed by atoms with van der Waals surface area (Å²) in [5, 5.41) is 0. The van der Waals surface area contributed by atoms with Gasteiger partial charge in [0.15, 0.2) is 0 Å². The molecule has 2 heteroatoms. The van der Waals surface area contributed by atoms with Crippen molar-refractivity contribution in [3.8, 4) is 0 Å². The fourth-order valence-electron chi connectivity index (χ4n) is 3.00. The van der Waals surface area contributed by atoms with Crippen LogP contribution < -0.4 is 11.3 Å². The topological polar surface area (TPSA) is 38.0 Å². The van der Waals surface area contributed by atoms with E-state index in [-0.39, 0.29) is 0 Å². The van der Waals surface area contributed by atoms with Gasteiger partial charge >= 0.3 is 0 Å². The van der Waals surface area contributed by atoms with E-state index >= 15 is 0 Å². The molecule has 1 aliphatic carbocycles. The zero-order valence-corrected chi connectivity index (χ0v) is 10.8. The normalized spacial score (nSPS) is 18.5. The van der Waals surface area contributed by atoms with Crippen LogP contribution in [0.2, 0.25) is 0 Å². The Labute approximate surface area is 105 Å². The van der Waals surface area contributed by atoms with Crippen molar-refractivity contribution in [1.29, 1.82) is 0 Å². The van der Waals surface area contributed by atoms with Gasteiger partial charge in [-0.05, 0) is 44.1 Å². The molecule has 0 aromatic heterocycles. The van der Waals surface area contributed by atoms with Crippen molar-refractivity contribution in [2.24, 2.45) is 11.8 Å². The monoisotopic (exact) mass is 232 g/mol. The van der Waals surface area contributed by atoms with Crippen molar-refractivity contribution >= 4 is 0 Å². The predicted octanol–water partition coefficient (Wildman–Crippen LogP) is 2.95. The third-order valence-corrected chi connectivity index (χ3v) is 4.01. The van der Waals surface area contributed by atoms with Gasteiger partial charge in [-0.2, -0.15) is 0 Å². The van der Waals surface area contributed by atoms with E-state index in [2.05, 4.69) is 36.6 Å². The molecular weight excluding hydrogens is 208 g/mol. The minimum atomic E-state index is 0.498. The second kappa shape index (κ2) is 6.18. The summed E-state index contributed by atoms with van der Waals surface area (Å²) in [6, 6.07) is 9.29. The molecule has 0 heterocycles. The average molecular weight is 232 g/mol. The number of aryl methyl sites for hydroxylation is 2. The Morgan fingerprint density at radius 1 is 1.35 bits per heavy atom. The Kier molecular flexibility index (Phi) is 4.57. The van der Waals surface area contributed by atoms with E-state index < -0.39 is 0 Å². The maximum Gasteiger partial charge on any atom is 0.0241 e. The molecule has 2 rings (SSSR count). The van der Waals surface area contributed by atoms with Gasteiger partial charge in [0.1, 0.15) is 0 Å². The highest BCUT2D eigenvalue weighted by Gasteiger charge is 2.23. The van der Waals surface area contributed by atoms with Crippen LogP contribution in [0.15, 0.2) is 24.3 Å². The number of hydrogen-bond donors (Lipinski definition) is 2. The Bertz CT molecular complexity index is 343. The van der Waals surface area contributed by atoms with Crippen LogP contribution in [-0.2, 0) is 6.42 Å². The quantitative estimate of drug-likeness (QED) is 0.605. The van der Waals surface area contributed by atoms with Gasteiger partial charge in [0.25, 0.3) is 0 Å². The number of hydrazine groups is 1. The van der Waals surface area contributed by atoms with Crippen molar-refractivity contribution in [3.05, 3.63) is 35.4 Å². The molecular formula is C15H24N2. The summed E-state index contributed by atoms with van der Waals surface area (Å²) >= 11 is 0. The molecule has 1 saturated carbocycles. The maximum atomic E-state index is 5.70. The van der Waals surface area contributed by atoms with Crippen LogP contribution in [0.3, 0.4) is 0 Å². The molecule has 1 fully saturated rings. The van der Waals surface area contributed by atoms with E-state index in [1.807, 2.05) is 0 Å². The fraction of sp³-hybridized carbons (Fsp3) is 0.600. The molecule has 17 heavy (non-hydrogen) atoms. The van der Waals surface area contributed by atoms with Crippen molar-refractivity contribution in [2.75, 3.05) is 0 Å². The molecule has 1 aromatic rings. The molecule has 94 valence electrons. The number of benzene rings is 1. The van der Waals surface area contributed by atoms with Gasteiger partial charge in [0.2, 0.25) is 0 Å². The number of rotatable bonds is 5. The molecule has 1 aliphatic rings. The highest BCUT2D eigenvalue weighted by atomic mass is 15.2. The van der Waals surface area contributed by atoms with Gasteiger partial charge in [0, 0.05) is 6.04 Å². The molecule has 0 aliphatic heterocycles. The first-order chi connectivity index (χ1) is 8.29. The molecule has 1 atom stereocenters. The van der Waals surface area contributed by atoms with Crippen LogP contribution in [0.4, 0.5) is 0 Å². The lowest BCUT2D eigenvalue weighted by Gasteiger charge is -2.22. The minimum absolute atomic E-state index is 0.498. The Morgan fingerprint density at radius 2 is 2.12 bits per heavy atom. The third kappa shape index (κ3) is 3.55. The zero-order chi connectivity index (χ0) is 12.1. The molecule has 1 unspecified atom stereocenters. The summed E-state index contributed by atoms with van der Waals surface area (Å²) in [4.78, 5) is 0. The summed E-state index contributed by atoms with van der Waals surface area (Å²) < 4.78 is 0. The lowest BCUT2D eigenvalue weighted by molar-refractivity contribution is 0.345. The van der Waals surface area contributed by atoms with Gasteiger partial charge in [-0.3, -0.25) is 11.3 Å². The third-order valence-electron chi connectivity index (χ3n) is 4.01. The summed E-state index contributed by atoms with van der Waals surface area (Å²) in [5.41, 5.74) is 5.81. The van der Waals surface area contributed by atoms with Crippen LogP contribution in [0.25, 0.3) is 0 Å². The van der Waals surface area contributed by atoms with E-state index in [0.29, 0.717) is 6.04 Å². The summed E-state index contributed by atoms with van der Waals surface area (Å²) in [5.74, 6) is 6.49. The van der Waals surface area contributed by atoms with Crippen LogP contribution in [-0.4, -0.2) is 6.04 Å². The average Bonchev–Trinajstić information content (AvgIpc) is 2.84. The zero-order valence-electron chi connectivity index (χ0n) is 10.8. The van der Waals surface area contributed by atoms with Crippen LogP contribution in [0.5, 0.6) is 0 Å². The Morgan fingerprint density at radius 3 is 2.76 bits per heavy atom. The number of nitrogens with one attached hydrogen (secondary N) is 1. The van der Waals surface area contributed by atoms with E-state index in [9.17, 15) is 0 Å². The van der Waals surface area contributed by atoms with Crippen LogP contribution in [0.1, 0.15) is 43.2 Å². The van der Waals surface area contributed by atoms with E-state index in [4.69, 9.17) is 5.84 Å². The predicted molar refractivity (Wildman–Crippen MR) is 72.6 cm³/mol. The van der Waals surface area contributed by atoms with Crippen molar-refractivity contribution in [3.63, 3.8) is 0 Å². The van der Waals surface area contributed by atoms with Gasteiger partial charge in [0.05, 0.1) is 0 Å². The largest absolute Gasteiger partial charge is 0.271 e. The maximum absolute atomic E-state index is 5.70.